The Morgan fingerprint density at radius 1 is 0.868 bits per heavy atom. The van der Waals surface area contributed by atoms with Gasteiger partial charge in [0, 0.05) is 6.42 Å². The Morgan fingerprint density at radius 2 is 1.53 bits per heavy atom. The minimum atomic E-state index is -3.41. The van der Waals surface area contributed by atoms with Crippen molar-refractivity contribution in [1.82, 2.24) is 0 Å². The van der Waals surface area contributed by atoms with Gasteiger partial charge in [0.15, 0.2) is 9.84 Å². The second kappa shape index (κ2) is 12.4. The maximum Gasteiger partial charge on any atom is 0.178 e. The molecule has 3 aromatic rings. The van der Waals surface area contributed by atoms with Gasteiger partial charge in [-0.25, -0.2) is 8.42 Å². The van der Waals surface area contributed by atoms with E-state index in [-0.39, 0.29) is 36.3 Å². The molecule has 0 spiro atoms. The molecule has 7 heteroatoms. The maximum atomic E-state index is 12.9. The Labute approximate surface area is 225 Å². The van der Waals surface area contributed by atoms with Gasteiger partial charge < -0.3 is 18.9 Å². The summed E-state index contributed by atoms with van der Waals surface area (Å²) in [6.45, 7) is 5.05. The lowest BCUT2D eigenvalue weighted by Gasteiger charge is -2.24. The molecule has 0 radical (unpaired) electrons. The largest absolute Gasteiger partial charge is 0.374 e. The zero-order valence-electron chi connectivity index (χ0n) is 21.4. The number of rotatable bonds is 12. The molecular formula is C31H34O6S. The van der Waals surface area contributed by atoms with Crippen LogP contribution in [0.2, 0.25) is 0 Å². The molecule has 0 saturated carbocycles. The number of fused-ring (bicyclic) bond motifs is 1. The van der Waals surface area contributed by atoms with Crippen molar-refractivity contribution in [3.8, 4) is 0 Å². The third kappa shape index (κ3) is 6.60. The van der Waals surface area contributed by atoms with Crippen molar-refractivity contribution in [2.75, 3.05) is 12.4 Å². The van der Waals surface area contributed by atoms with Gasteiger partial charge in [-0.3, -0.25) is 0 Å². The molecule has 2 aliphatic heterocycles. The average molecular weight is 535 g/mol. The molecule has 0 N–H and O–H groups in total. The lowest BCUT2D eigenvalue weighted by molar-refractivity contribution is -0.101. The van der Waals surface area contributed by atoms with Gasteiger partial charge >= 0.3 is 0 Å². The summed E-state index contributed by atoms with van der Waals surface area (Å²) in [5.41, 5.74) is 3.06. The highest BCUT2D eigenvalue weighted by molar-refractivity contribution is 7.91. The Kier molecular flexibility index (Phi) is 8.72. The Bertz CT molecular complexity index is 1280. The van der Waals surface area contributed by atoms with Gasteiger partial charge in [-0.05, 0) is 35.2 Å². The fourth-order valence-electron chi connectivity index (χ4n) is 5.07. The van der Waals surface area contributed by atoms with Gasteiger partial charge in [-0.15, -0.1) is 0 Å². The van der Waals surface area contributed by atoms with Gasteiger partial charge in [0.2, 0.25) is 0 Å². The van der Waals surface area contributed by atoms with E-state index in [4.69, 9.17) is 18.9 Å². The predicted molar refractivity (Wildman–Crippen MR) is 146 cm³/mol. The highest BCUT2D eigenvalue weighted by Gasteiger charge is 2.51. The lowest BCUT2D eigenvalue weighted by Crippen LogP contribution is -2.37. The van der Waals surface area contributed by atoms with E-state index in [9.17, 15) is 8.42 Å². The number of hydrogen-bond acceptors (Lipinski definition) is 6. The van der Waals surface area contributed by atoms with E-state index in [2.05, 4.69) is 6.58 Å². The molecule has 2 aliphatic rings. The summed E-state index contributed by atoms with van der Waals surface area (Å²) >= 11 is 0. The number of benzene rings is 3. The highest BCUT2D eigenvalue weighted by Crippen LogP contribution is 2.38. The topological polar surface area (TPSA) is 71.1 Å². The van der Waals surface area contributed by atoms with Crippen LogP contribution in [0.4, 0.5) is 0 Å². The molecule has 6 nitrogen and oxygen atoms in total. The zero-order valence-corrected chi connectivity index (χ0v) is 22.2. The first-order valence-corrected chi connectivity index (χ1v) is 14.7. The third-order valence-electron chi connectivity index (χ3n) is 7.11. The Hall–Kier alpha value is -2.81. The molecule has 3 aromatic carbocycles. The van der Waals surface area contributed by atoms with Crippen LogP contribution in [0.5, 0.6) is 0 Å². The molecule has 2 heterocycles. The number of sulfone groups is 1. The van der Waals surface area contributed by atoms with E-state index in [1.807, 2.05) is 60.7 Å². The summed E-state index contributed by atoms with van der Waals surface area (Å²) in [6, 6.07) is 26.8. The molecule has 5 atom stereocenters. The summed E-state index contributed by atoms with van der Waals surface area (Å²) < 4.78 is 50.8. The van der Waals surface area contributed by atoms with Gasteiger partial charge in [0.05, 0.1) is 42.7 Å². The van der Waals surface area contributed by atoms with Gasteiger partial charge in [0.25, 0.3) is 0 Å². The first-order chi connectivity index (χ1) is 18.5. The standard InChI is InChI=1S/C31H34O6S/c1-2-23-13-15-27(16-14-23)38(32,33)18-17-26-19-28-31(36-26)30(35-21-25-11-7-4-8-12-25)29(37-28)22-34-20-24-9-5-3-6-10-24/h2-16,26,28-31H,1,17-22H2/t26-,28-,29+,30+,31+/m0/s1. The minimum absolute atomic E-state index is 0.0176. The van der Waals surface area contributed by atoms with Crippen LogP contribution in [0.15, 0.2) is 96.4 Å². The average Bonchev–Trinajstić information content (AvgIpc) is 3.49. The first-order valence-electron chi connectivity index (χ1n) is 13.1. The normalized spacial score (nSPS) is 24.8. The van der Waals surface area contributed by atoms with Crippen LogP contribution in [0.25, 0.3) is 6.08 Å². The van der Waals surface area contributed by atoms with Gasteiger partial charge in [-0.1, -0.05) is 85.5 Å². The SMILES string of the molecule is C=Cc1ccc(S(=O)(=O)CC[C@H]2C[C@@H]3O[C@H](COCc4ccccc4)[C@@H](OCc4ccccc4)[C@@H]3O2)cc1. The highest BCUT2D eigenvalue weighted by atomic mass is 32.2. The predicted octanol–water partition coefficient (Wildman–Crippen LogP) is 5.22. The van der Waals surface area contributed by atoms with Crippen molar-refractivity contribution in [3.05, 3.63) is 108 Å². The van der Waals surface area contributed by atoms with Crippen molar-refractivity contribution < 1.29 is 27.4 Å². The quantitative estimate of drug-likeness (QED) is 0.317. The Morgan fingerprint density at radius 3 is 2.18 bits per heavy atom. The van der Waals surface area contributed by atoms with Crippen LogP contribution in [-0.4, -0.2) is 51.3 Å². The second-order valence-corrected chi connectivity index (χ2v) is 11.9. The molecule has 0 amide bonds. The van der Waals surface area contributed by atoms with E-state index < -0.39 is 9.84 Å². The van der Waals surface area contributed by atoms with E-state index in [0.717, 1.165) is 16.7 Å². The second-order valence-electron chi connectivity index (χ2n) is 9.81. The third-order valence-corrected chi connectivity index (χ3v) is 8.88. The summed E-state index contributed by atoms with van der Waals surface area (Å²) in [7, 11) is -3.41. The molecule has 0 aromatic heterocycles. The molecule has 200 valence electrons. The maximum absolute atomic E-state index is 12.9. The minimum Gasteiger partial charge on any atom is -0.374 e. The summed E-state index contributed by atoms with van der Waals surface area (Å²) in [5.74, 6) is 0.0176. The van der Waals surface area contributed by atoms with Gasteiger partial charge in [0.1, 0.15) is 18.3 Å². The molecule has 38 heavy (non-hydrogen) atoms. The van der Waals surface area contributed by atoms with Crippen LogP contribution < -0.4 is 0 Å². The lowest BCUT2D eigenvalue weighted by atomic mass is 10.1. The molecule has 0 unspecified atom stereocenters. The molecule has 2 saturated heterocycles. The van der Waals surface area contributed by atoms with E-state index >= 15 is 0 Å². The smallest absolute Gasteiger partial charge is 0.178 e. The molecular weight excluding hydrogens is 500 g/mol. The van der Waals surface area contributed by atoms with Gasteiger partial charge in [-0.2, -0.15) is 0 Å². The summed E-state index contributed by atoms with van der Waals surface area (Å²) in [5, 5.41) is 0. The Balaban J connectivity index is 1.19. The molecule has 0 bridgehead atoms. The summed E-state index contributed by atoms with van der Waals surface area (Å²) in [4.78, 5) is 0.317. The molecule has 5 rings (SSSR count). The number of ether oxygens (including phenoxy) is 4. The first kappa shape index (κ1) is 26.8. The van der Waals surface area contributed by atoms with Crippen molar-refractivity contribution in [3.63, 3.8) is 0 Å². The van der Waals surface area contributed by atoms with Crippen LogP contribution >= 0.6 is 0 Å². The number of hydrogen-bond donors (Lipinski definition) is 0. The van der Waals surface area contributed by atoms with Crippen molar-refractivity contribution in [2.24, 2.45) is 0 Å². The van der Waals surface area contributed by atoms with E-state index in [0.29, 0.717) is 37.6 Å². The molecule has 2 fully saturated rings. The van der Waals surface area contributed by atoms with Crippen molar-refractivity contribution in [2.45, 2.75) is 61.5 Å². The van der Waals surface area contributed by atoms with E-state index in [1.54, 1.807) is 30.3 Å². The van der Waals surface area contributed by atoms with Crippen LogP contribution in [-0.2, 0) is 42.0 Å². The van der Waals surface area contributed by atoms with Crippen molar-refractivity contribution in [1.29, 1.82) is 0 Å². The fraction of sp³-hybridized carbons (Fsp3) is 0.355. The summed E-state index contributed by atoms with van der Waals surface area (Å²) in [6.07, 6.45) is 1.55. The zero-order chi connectivity index (χ0) is 26.4. The van der Waals surface area contributed by atoms with Crippen LogP contribution in [0, 0.1) is 0 Å². The fourth-order valence-corrected chi connectivity index (χ4v) is 6.43. The van der Waals surface area contributed by atoms with Crippen molar-refractivity contribution >= 4 is 15.9 Å². The van der Waals surface area contributed by atoms with E-state index in [1.165, 1.54) is 0 Å². The van der Waals surface area contributed by atoms with Crippen LogP contribution in [0.1, 0.15) is 29.5 Å². The monoisotopic (exact) mass is 534 g/mol. The van der Waals surface area contributed by atoms with Crippen LogP contribution in [0.3, 0.4) is 0 Å². The molecule has 0 aliphatic carbocycles.